The predicted octanol–water partition coefficient (Wildman–Crippen LogP) is 3.62. The van der Waals surface area contributed by atoms with Crippen molar-refractivity contribution < 1.29 is 8.42 Å². The Hall–Kier alpha value is -1.17. The van der Waals surface area contributed by atoms with Crippen molar-refractivity contribution in [1.29, 1.82) is 0 Å². The normalized spacial score (nSPS) is 11.5. The van der Waals surface area contributed by atoms with Gasteiger partial charge in [-0.2, -0.15) is 0 Å². The molecule has 0 aliphatic carbocycles. The molecule has 0 unspecified atom stereocenters. The first-order valence-electron chi connectivity index (χ1n) is 5.84. The van der Waals surface area contributed by atoms with Crippen molar-refractivity contribution in [2.24, 2.45) is 0 Å². The molecule has 3 nitrogen and oxygen atoms in total. The Kier molecular flexibility index (Phi) is 4.62. The van der Waals surface area contributed by atoms with E-state index in [9.17, 15) is 8.42 Å². The number of rotatable bonds is 4. The number of benzene rings is 2. The van der Waals surface area contributed by atoms with E-state index in [-0.39, 0.29) is 0 Å². The van der Waals surface area contributed by atoms with Gasteiger partial charge in [0.15, 0.2) is 9.84 Å². The minimum Gasteiger partial charge on any atom is -0.398 e. The number of nitrogens with two attached hydrogens (primary N) is 1. The van der Waals surface area contributed by atoms with E-state index in [4.69, 9.17) is 17.3 Å². The largest absolute Gasteiger partial charge is 0.398 e. The fourth-order valence-corrected chi connectivity index (χ4v) is 3.59. The second-order valence-electron chi connectivity index (χ2n) is 4.34. The summed E-state index contributed by atoms with van der Waals surface area (Å²) in [7, 11) is -3.15. The van der Waals surface area contributed by atoms with Crippen LogP contribution in [0.25, 0.3) is 0 Å². The number of hydrogen-bond donors (Lipinski definition) is 1. The fraction of sp³-hybridized carbons (Fsp3) is 0.143. The van der Waals surface area contributed by atoms with Gasteiger partial charge in [0.1, 0.15) is 0 Å². The fourth-order valence-electron chi connectivity index (χ4n) is 1.67. The Balaban J connectivity index is 2.12. The van der Waals surface area contributed by atoms with Crippen molar-refractivity contribution in [3.63, 3.8) is 0 Å². The van der Waals surface area contributed by atoms with Crippen molar-refractivity contribution in [2.75, 3.05) is 12.0 Å². The van der Waals surface area contributed by atoms with Crippen molar-refractivity contribution in [3.05, 3.63) is 53.1 Å². The number of thioether (sulfide) groups is 1. The summed E-state index contributed by atoms with van der Waals surface area (Å²) in [4.78, 5) is 1.29. The monoisotopic (exact) mass is 327 g/mol. The van der Waals surface area contributed by atoms with Gasteiger partial charge in [-0.05, 0) is 36.4 Å². The van der Waals surface area contributed by atoms with Crippen LogP contribution in [0.15, 0.2) is 52.3 Å². The Morgan fingerprint density at radius 2 is 1.80 bits per heavy atom. The number of halogens is 1. The maximum absolute atomic E-state index is 11.4. The topological polar surface area (TPSA) is 60.2 Å². The molecule has 0 radical (unpaired) electrons. The molecule has 0 spiro atoms. The molecule has 0 atom stereocenters. The summed E-state index contributed by atoms with van der Waals surface area (Å²) >= 11 is 7.67. The highest BCUT2D eigenvalue weighted by atomic mass is 35.5. The molecule has 2 rings (SSSR count). The van der Waals surface area contributed by atoms with Gasteiger partial charge in [0, 0.05) is 33.2 Å². The number of sulfone groups is 1. The molecule has 0 bridgehead atoms. The maximum Gasteiger partial charge on any atom is 0.175 e. The molecule has 6 heteroatoms. The molecule has 0 aromatic heterocycles. The highest BCUT2D eigenvalue weighted by molar-refractivity contribution is 7.98. The van der Waals surface area contributed by atoms with Crippen LogP contribution in [-0.2, 0) is 15.6 Å². The van der Waals surface area contributed by atoms with E-state index >= 15 is 0 Å². The summed E-state index contributed by atoms with van der Waals surface area (Å²) in [6.07, 6.45) is 1.19. The number of hydrogen-bond acceptors (Lipinski definition) is 4. The van der Waals surface area contributed by atoms with Gasteiger partial charge in [0.25, 0.3) is 0 Å². The summed E-state index contributed by atoms with van der Waals surface area (Å²) in [6, 6.07) is 12.2. The highest BCUT2D eigenvalue weighted by Gasteiger charge is 2.08. The Bertz CT molecular complexity index is 692. The van der Waals surface area contributed by atoms with Crippen molar-refractivity contribution in [3.8, 4) is 0 Å². The van der Waals surface area contributed by atoms with E-state index in [2.05, 4.69) is 0 Å². The molecule has 0 aliphatic rings. The van der Waals surface area contributed by atoms with Crippen LogP contribution in [0.4, 0.5) is 5.69 Å². The quantitative estimate of drug-likeness (QED) is 0.688. The highest BCUT2D eigenvalue weighted by Crippen LogP contribution is 2.30. The molecule has 0 saturated heterocycles. The van der Waals surface area contributed by atoms with Crippen LogP contribution in [-0.4, -0.2) is 14.7 Å². The van der Waals surface area contributed by atoms with E-state index in [1.165, 1.54) is 6.26 Å². The average molecular weight is 328 g/mol. The first-order chi connectivity index (χ1) is 9.38. The first-order valence-corrected chi connectivity index (χ1v) is 9.09. The number of nitrogen functional groups attached to an aromatic ring is 1. The molecular formula is C14H14ClNO2S2. The van der Waals surface area contributed by atoms with Crippen LogP contribution in [0.1, 0.15) is 5.56 Å². The molecule has 20 heavy (non-hydrogen) atoms. The summed E-state index contributed by atoms with van der Waals surface area (Å²) in [5, 5.41) is 0.644. The number of anilines is 1. The first kappa shape index (κ1) is 15.2. The van der Waals surface area contributed by atoms with Gasteiger partial charge < -0.3 is 5.73 Å². The average Bonchev–Trinajstić information content (AvgIpc) is 2.37. The van der Waals surface area contributed by atoms with Gasteiger partial charge in [0.2, 0.25) is 0 Å². The summed E-state index contributed by atoms with van der Waals surface area (Å²) < 4.78 is 22.7. The van der Waals surface area contributed by atoms with E-state index < -0.39 is 9.84 Å². The Labute approximate surface area is 128 Å². The molecule has 106 valence electrons. The van der Waals surface area contributed by atoms with E-state index in [0.717, 1.165) is 10.5 Å². The van der Waals surface area contributed by atoms with E-state index in [1.54, 1.807) is 42.1 Å². The summed E-state index contributed by atoms with van der Waals surface area (Å²) in [5.74, 6) is 0.643. The molecule has 0 heterocycles. The second kappa shape index (κ2) is 6.08. The lowest BCUT2D eigenvalue weighted by Gasteiger charge is -2.08. The molecule has 0 aliphatic heterocycles. The molecule has 0 amide bonds. The zero-order valence-corrected chi connectivity index (χ0v) is 13.2. The van der Waals surface area contributed by atoms with Crippen LogP contribution < -0.4 is 5.73 Å². The molecule has 2 aromatic rings. The van der Waals surface area contributed by atoms with Crippen molar-refractivity contribution in [2.45, 2.75) is 15.5 Å². The standard InChI is InChI=1S/C14H14ClNO2S2/c1-20(17,18)11-7-5-10(6-8-11)19-9-12-13(15)3-2-4-14(12)16/h2-8H,9,16H2,1H3. The van der Waals surface area contributed by atoms with Gasteiger partial charge in [-0.3, -0.25) is 0 Å². The second-order valence-corrected chi connectivity index (χ2v) is 7.81. The molecule has 2 aromatic carbocycles. The lowest BCUT2D eigenvalue weighted by atomic mass is 10.2. The van der Waals surface area contributed by atoms with Crippen LogP contribution in [0, 0.1) is 0 Å². The minimum atomic E-state index is -3.15. The zero-order chi connectivity index (χ0) is 14.8. The van der Waals surface area contributed by atoms with Gasteiger partial charge in [-0.15, -0.1) is 11.8 Å². The van der Waals surface area contributed by atoms with Gasteiger partial charge in [-0.25, -0.2) is 8.42 Å². The van der Waals surface area contributed by atoms with Crippen molar-refractivity contribution in [1.82, 2.24) is 0 Å². The predicted molar refractivity (Wildman–Crippen MR) is 85.0 cm³/mol. The van der Waals surface area contributed by atoms with Crippen LogP contribution >= 0.6 is 23.4 Å². The minimum absolute atomic E-state index is 0.319. The third-order valence-electron chi connectivity index (χ3n) is 2.79. The van der Waals surface area contributed by atoms with Crippen molar-refractivity contribution >= 4 is 38.9 Å². The smallest absolute Gasteiger partial charge is 0.175 e. The van der Waals surface area contributed by atoms with Gasteiger partial charge in [-0.1, -0.05) is 17.7 Å². The van der Waals surface area contributed by atoms with Crippen LogP contribution in [0.3, 0.4) is 0 Å². The maximum atomic E-state index is 11.4. The summed E-state index contributed by atoms with van der Waals surface area (Å²) in [5.41, 5.74) is 7.45. The molecule has 0 saturated carbocycles. The van der Waals surface area contributed by atoms with E-state index in [0.29, 0.717) is 21.4 Å². The van der Waals surface area contributed by atoms with E-state index in [1.807, 2.05) is 12.1 Å². The lowest BCUT2D eigenvalue weighted by Crippen LogP contribution is -1.96. The third kappa shape index (κ3) is 3.69. The Morgan fingerprint density at radius 3 is 2.35 bits per heavy atom. The lowest BCUT2D eigenvalue weighted by molar-refractivity contribution is 0.602. The summed E-state index contributed by atoms with van der Waals surface area (Å²) in [6.45, 7) is 0. The molecular weight excluding hydrogens is 314 g/mol. The van der Waals surface area contributed by atoms with Crippen LogP contribution in [0.5, 0.6) is 0 Å². The van der Waals surface area contributed by atoms with Gasteiger partial charge in [0.05, 0.1) is 4.90 Å². The van der Waals surface area contributed by atoms with Gasteiger partial charge >= 0.3 is 0 Å². The zero-order valence-electron chi connectivity index (χ0n) is 10.8. The molecule has 0 fully saturated rings. The SMILES string of the molecule is CS(=O)(=O)c1ccc(SCc2c(N)cccc2Cl)cc1. The Morgan fingerprint density at radius 1 is 1.15 bits per heavy atom. The third-order valence-corrected chi connectivity index (χ3v) is 5.31. The van der Waals surface area contributed by atoms with Crippen LogP contribution in [0.2, 0.25) is 5.02 Å². The molecule has 2 N–H and O–H groups in total.